The molecule has 0 aromatic heterocycles. The van der Waals surface area contributed by atoms with E-state index in [2.05, 4.69) is 47.5 Å². The molecule has 71 heavy (non-hydrogen) atoms. The number of aliphatic imine (C=N–C) groups is 1. The second-order valence-electron chi connectivity index (χ2n) is 16.7. The Bertz CT molecular complexity index is 2080. The fraction of sp³-hybridized carbons (Fsp3) is 0.595. The van der Waals surface area contributed by atoms with Gasteiger partial charge in [-0.05, 0) is 69.7 Å². The van der Waals surface area contributed by atoms with Gasteiger partial charge in [-0.3, -0.25) is 48.1 Å². The summed E-state index contributed by atoms with van der Waals surface area (Å²) < 4.78 is 0. The Kier molecular flexibility index (Phi) is 23.3. The Labute approximate surface area is 405 Å². The van der Waals surface area contributed by atoms with Crippen LogP contribution in [-0.4, -0.2) is 206 Å². The summed E-state index contributed by atoms with van der Waals surface area (Å²) in [4.78, 5) is 136. The third-order valence-electron chi connectivity index (χ3n) is 11.3. The van der Waals surface area contributed by atoms with Crippen molar-refractivity contribution in [1.29, 1.82) is 0 Å². The summed E-state index contributed by atoms with van der Waals surface area (Å²) in [7, 11) is 0. The molecule has 10 atom stereocenters. The number of hydrogen-bond donors (Lipinski definition) is 17. The van der Waals surface area contributed by atoms with Crippen molar-refractivity contribution < 1.29 is 83.7 Å². The van der Waals surface area contributed by atoms with Gasteiger partial charge in [-0.25, -0.2) is 4.79 Å². The normalized spacial score (nSPS) is 18.6. The Hall–Kier alpha value is -7.21. The Morgan fingerprint density at radius 2 is 1.25 bits per heavy atom. The lowest BCUT2D eigenvalue weighted by Gasteiger charge is -2.30. The van der Waals surface area contributed by atoms with Crippen molar-refractivity contribution >= 4 is 65.2 Å². The van der Waals surface area contributed by atoms with Gasteiger partial charge in [-0.2, -0.15) is 0 Å². The molecule has 2 saturated heterocycles. The number of nitrogens with two attached hydrogens (primary N) is 2. The van der Waals surface area contributed by atoms with Crippen molar-refractivity contribution in [2.24, 2.45) is 16.5 Å². The minimum Gasteiger partial charge on any atom is -0.508 e. The monoisotopic (exact) mass is 1010 g/mol. The molecular weight excluding hydrogens is 945 g/mol. The lowest BCUT2D eigenvalue weighted by Crippen LogP contribution is -2.62. The highest BCUT2D eigenvalue weighted by atomic mass is 16.4. The van der Waals surface area contributed by atoms with Crippen LogP contribution in [0.1, 0.15) is 57.4 Å². The second-order valence-corrected chi connectivity index (χ2v) is 16.7. The van der Waals surface area contributed by atoms with Crippen LogP contribution in [0.15, 0.2) is 29.3 Å². The maximum absolute atomic E-state index is 13.8. The standard InChI is InChI=1S/C42H64N12O17/c1-20(58)32(53-37(66)28(18-56)51-36(65)27(17-55)50-33(62)23-5-2-12-45-23)39(68)48-25(16-31(60)61)35(64)47-24(6-3-13-46-42(43)44)34(63)52-29(19-57)40(69)54-14-4-7-30(54)38(67)49-26(41(70)71)15-21-8-10-22(59)11-9-21/h8-11,20,23-30,32,45,55-59H,2-7,12-19H2,1H3,(H,47,64)(H,48,68)(H,49,67)(H,50,62)(H,51,65)(H,52,63)(H,53,66)(H,60,61)(H,70,71)(H4,43,44,46)/t20-,23+,24+,25+,26+,27+,28+,29+,30+,32+/m1/s1. The molecule has 2 fully saturated rings. The topological polar surface area (TPSA) is 476 Å². The predicted octanol–water partition coefficient (Wildman–Crippen LogP) is -7.96. The molecule has 2 heterocycles. The minimum absolute atomic E-state index is 0.0327. The maximum atomic E-state index is 13.8. The molecule has 2 aliphatic heterocycles. The molecular formula is C42H64N12O17. The molecule has 8 amide bonds. The van der Waals surface area contributed by atoms with Crippen LogP contribution in [0.4, 0.5) is 0 Å². The number of amides is 8. The van der Waals surface area contributed by atoms with Gasteiger partial charge < -0.3 is 94.6 Å². The van der Waals surface area contributed by atoms with E-state index in [1.54, 1.807) is 0 Å². The number of carbonyl (C=O) groups is 10. The summed E-state index contributed by atoms with van der Waals surface area (Å²) >= 11 is 0. The number of carbonyl (C=O) groups excluding carboxylic acids is 8. The SMILES string of the molecule is C[C@@H](O)[C@H](NC(=O)[C@H](CO)NC(=O)[C@H](CO)NC(=O)[C@@H]1CCCN1)C(=O)N[C@@H](CC(=O)O)C(=O)N[C@@H](CCCN=C(N)N)C(=O)N[C@@H](CO)C(=O)N1CCC[C@H]1C(=O)N[C@@H](Cc1ccc(O)cc1)C(=O)O. The summed E-state index contributed by atoms with van der Waals surface area (Å²) in [5.41, 5.74) is 11.3. The number of hydrogen-bond acceptors (Lipinski definition) is 17. The fourth-order valence-electron chi connectivity index (χ4n) is 7.49. The first kappa shape index (κ1) is 58.1. The number of carboxylic acid groups (broad SMARTS) is 2. The number of carboxylic acids is 2. The van der Waals surface area contributed by atoms with Crippen LogP contribution in [0, 0.1) is 0 Å². The average molecular weight is 1010 g/mol. The Balaban J connectivity index is 1.75. The highest BCUT2D eigenvalue weighted by molar-refractivity contribution is 5.99. The molecule has 0 aliphatic carbocycles. The number of guanidine groups is 1. The molecule has 0 radical (unpaired) electrons. The van der Waals surface area contributed by atoms with E-state index >= 15 is 0 Å². The highest BCUT2D eigenvalue weighted by Crippen LogP contribution is 2.20. The van der Waals surface area contributed by atoms with Gasteiger partial charge in [0.25, 0.3) is 0 Å². The van der Waals surface area contributed by atoms with Crippen LogP contribution < -0.4 is 54.0 Å². The molecule has 1 aromatic rings. The molecule has 0 unspecified atom stereocenters. The first-order chi connectivity index (χ1) is 33.6. The van der Waals surface area contributed by atoms with Gasteiger partial charge in [-0.1, -0.05) is 12.1 Å². The zero-order valence-electron chi connectivity index (χ0n) is 38.7. The van der Waals surface area contributed by atoms with Crippen molar-refractivity contribution in [3.63, 3.8) is 0 Å². The highest BCUT2D eigenvalue weighted by Gasteiger charge is 2.40. The van der Waals surface area contributed by atoms with E-state index in [0.717, 1.165) is 11.8 Å². The quantitative estimate of drug-likeness (QED) is 0.0211. The van der Waals surface area contributed by atoms with Crippen LogP contribution in [0.25, 0.3) is 0 Å². The third kappa shape index (κ3) is 18.2. The van der Waals surface area contributed by atoms with Crippen LogP contribution >= 0.6 is 0 Å². The van der Waals surface area contributed by atoms with E-state index in [1.165, 1.54) is 24.3 Å². The van der Waals surface area contributed by atoms with Gasteiger partial charge in [0.05, 0.1) is 38.4 Å². The average Bonchev–Trinajstić information content (AvgIpc) is 4.05. The van der Waals surface area contributed by atoms with E-state index in [4.69, 9.17) is 11.5 Å². The van der Waals surface area contributed by atoms with Gasteiger partial charge in [0.2, 0.25) is 47.3 Å². The van der Waals surface area contributed by atoms with E-state index in [-0.39, 0.29) is 56.9 Å². The van der Waals surface area contributed by atoms with E-state index in [9.17, 15) is 83.7 Å². The molecule has 29 nitrogen and oxygen atoms in total. The van der Waals surface area contributed by atoms with Crippen LogP contribution in [0.2, 0.25) is 0 Å². The number of aromatic hydroxyl groups is 1. The van der Waals surface area contributed by atoms with Crippen LogP contribution in [0.3, 0.4) is 0 Å². The van der Waals surface area contributed by atoms with Gasteiger partial charge >= 0.3 is 11.9 Å². The number of nitrogens with zero attached hydrogens (tertiary/aromatic N) is 2. The number of aliphatic hydroxyl groups excluding tert-OH is 4. The van der Waals surface area contributed by atoms with Gasteiger partial charge in [0.15, 0.2) is 5.96 Å². The fourth-order valence-corrected chi connectivity index (χ4v) is 7.49. The number of likely N-dealkylation sites (tertiary alicyclic amines) is 1. The number of phenols is 1. The number of aliphatic carboxylic acids is 2. The molecule has 0 saturated carbocycles. The minimum atomic E-state index is -2.04. The number of aliphatic hydroxyl groups is 4. The summed E-state index contributed by atoms with van der Waals surface area (Å²) in [6.45, 7) is -1.61. The van der Waals surface area contributed by atoms with Crippen LogP contribution in [-0.2, 0) is 54.4 Å². The smallest absolute Gasteiger partial charge is 0.326 e. The Morgan fingerprint density at radius 3 is 1.82 bits per heavy atom. The van der Waals surface area contributed by atoms with Crippen molar-refractivity contribution in [1.82, 2.24) is 47.4 Å². The lowest BCUT2D eigenvalue weighted by atomic mass is 10.0. The van der Waals surface area contributed by atoms with Crippen molar-refractivity contribution in [2.75, 3.05) is 39.5 Å². The van der Waals surface area contributed by atoms with Crippen LogP contribution in [0.5, 0.6) is 5.75 Å². The zero-order valence-corrected chi connectivity index (χ0v) is 38.7. The molecule has 2 aliphatic rings. The largest absolute Gasteiger partial charge is 0.508 e. The number of rotatable bonds is 28. The molecule has 3 rings (SSSR count). The third-order valence-corrected chi connectivity index (χ3v) is 11.3. The lowest BCUT2D eigenvalue weighted by molar-refractivity contribution is -0.145. The number of phenolic OH excluding ortho intramolecular Hbond substituents is 1. The first-order valence-corrected chi connectivity index (χ1v) is 22.6. The van der Waals surface area contributed by atoms with Crippen molar-refractivity contribution in [3.05, 3.63) is 29.8 Å². The first-order valence-electron chi connectivity index (χ1n) is 22.6. The Morgan fingerprint density at radius 1 is 0.704 bits per heavy atom. The van der Waals surface area contributed by atoms with Crippen molar-refractivity contribution in [2.45, 2.75) is 119 Å². The number of benzene rings is 1. The zero-order chi connectivity index (χ0) is 52.9. The maximum Gasteiger partial charge on any atom is 0.326 e. The van der Waals surface area contributed by atoms with Gasteiger partial charge in [0.1, 0.15) is 54.1 Å². The summed E-state index contributed by atoms with van der Waals surface area (Å²) in [5, 5.41) is 88.0. The van der Waals surface area contributed by atoms with Crippen molar-refractivity contribution in [3.8, 4) is 5.75 Å². The molecule has 29 heteroatoms. The van der Waals surface area contributed by atoms with Gasteiger partial charge in [0, 0.05) is 19.5 Å². The summed E-state index contributed by atoms with van der Waals surface area (Å²) in [5.74, 6) is -12.0. The van der Waals surface area contributed by atoms with Gasteiger partial charge in [-0.15, -0.1) is 0 Å². The van der Waals surface area contributed by atoms with E-state index in [0.29, 0.717) is 24.9 Å². The number of nitrogens with one attached hydrogen (secondary N) is 8. The summed E-state index contributed by atoms with van der Waals surface area (Å²) in [6, 6.07) is -8.55. The molecule has 0 bridgehead atoms. The molecule has 1 aromatic carbocycles. The molecule has 394 valence electrons. The van der Waals surface area contributed by atoms with E-state index < -0.39 is 146 Å². The van der Waals surface area contributed by atoms with E-state index in [1.807, 2.05) is 0 Å². The second kappa shape index (κ2) is 28.5. The molecule has 0 spiro atoms. The predicted molar refractivity (Wildman–Crippen MR) is 244 cm³/mol. The summed E-state index contributed by atoms with van der Waals surface area (Å²) in [6.07, 6.45) is -1.93. The molecule has 19 N–H and O–H groups in total.